The first-order valence-electron chi connectivity index (χ1n) is 5.74. The molecule has 2 rings (SSSR count). The largest absolute Gasteiger partial charge is 0.508 e. The molecule has 0 aliphatic rings. The van der Waals surface area contributed by atoms with Crippen LogP contribution in [0, 0.1) is 13.8 Å². The van der Waals surface area contributed by atoms with Gasteiger partial charge in [0.25, 0.3) is 5.91 Å². The van der Waals surface area contributed by atoms with Crippen LogP contribution in [0.4, 0.5) is 5.69 Å². The molecule has 0 atom stereocenters. The van der Waals surface area contributed by atoms with E-state index in [9.17, 15) is 9.90 Å². The zero-order chi connectivity index (χ0) is 13.1. The van der Waals surface area contributed by atoms with Gasteiger partial charge in [-0.1, -0.05) is 18.2 Å². The molecule has 3 heteroatoms. The normalized spacial score (nSPS) is 10.1. The third kappa shape index (κ3) is 2.51. The number of carbonyl (C=O) groups is 1. The molecule has 0 unspecified atom stereocenters. The second kappa shape index (κ2) is 4.92. The number of phenols is 1. The van der Waals surface area contributed by atoms with Gasteiger partial charge < -0.3 is 10.4 Å². The lowest BCUT2D eigenvalue weighted by molar-refractivity contribution is 0.102. The van der Waals surface area contributed by atoms with Crippen LogP contribution in [-0.2, 0) is 0 Å². The lowest BCUT2D eigenvalue weighted by Gasteiger charge is -2.10. The summed E-state index contributed by atoms with van der Waals surface area (Å²) in [6.07, 6.45) is 0. The quantitative estimate of drug-likeness (QED) is 0.793. The summed E-state index contributed by atoms with van der Waals surface area (Å²) in [4.78, 5) is 12.2. The van der Waals surface area contributed by atoms with Crippen LogP contribution in [0.1, 0.15) is 21.5 Å². The minimum atomic E-state index is -0.128. The molecule has 2 N–H and O–H groups in total. The van der Waals surface area contributed by atoms with E-state index >= 15 is 0 Å². The Morgan fingerprint density at radius 1 is 1.00 bits per heavy atom. The lowest BCUT2D eigenvalue weighted by Crippen LogP contribution is -2.14. The first-order valence-corrected chi connectivity index (χ1v) is 5.74. The van der Waals surface area contributed by atoms with Crippen molar-refractivity contribution >= 4 is 11.6 Å². The van der Waals surface area contributed by atoms with Crippen LogP contribution < -0.4 is 5.32 Å². The molecule has 2 aromatic rings. The highest BCUT2D eigenvalue weighted by molar-refractivity contribution is 6.06. The molecule has 0 saturated carbocycles. The van der Waals surface area contributed by atoms with E-state index in [0.29, 0.717) is 11.3 Å². The van der Waals surface area contributed by atoms with Crippen LogP contribution in [0.2, 0.25) is 0 Å². The molecular weight excluding hydrogens is 226 g/mol. The molecule has 0 saturated heterocycles. The first kappa shape index (κ1) is 12.2. The smallest absolute Gasteiger partial charge is 0.256 e. The Hall–Kier alpha value is -2.29. The Balaban J connectivity index is 2.25. The molecule has 2 aromatic carbocycles. The van der Waals surface area contributed by atoms with E-state index in [1.807, 2.05) is 32.0 Å². The van der Waals surface area contributed by atoms with Gasteiger partial charge in [-0.05, 0) is 49.2 Å². The van der Waals surface area contributed by atoms with Gasteiger partial charge in [0.1, 0.15) is 5.75 Å². The predicted octanol–water partition coefficient (Wildman–Crippen LogP) is 3.26. The fourth-order valence-electron chi connectivity index (χ4n) is 1.91. The van der Waals surface area contributed by atoms with E-state index in [-0.39, 0.29) is 11.7 Å². The Labute approximate surface area is 106 Å². The predicted molar refractivity (Wildman–Crippen MR) is 72.0 cm³/mol. The molecule has 0 aromatic heterocycles. The molecule has 1 amide bonds. The fourth-order valence-corrected chi connectivity index (χ4v) is 1.91. The van der Waals surface area contributed by atoms with Crippen molar-refractivity contribution in [3.63, 3.8) is 0 Å². The van der Waals surface area contributed by atoms with Gasteiger partial charge in [0.2, 0.25) is 0 Å². The number of hydrogen-bond donors (Lipinski definition) is 2. The summed E-state index contributed by atoms with van der Waals surface area (Å²) in [5.41, 5.74) is 3.27. The van der Waals surface area contributed by atoms with Crippen LogP contribution in [-0.4, -0.2) is 11.0 Å². The number of aryl methyl sites for hydroxylation is 2. The van der Waals surface area contributed by atoms with Crippen LogP contribution in [0.5, 0.6) is 5.75 Å². The van der Waals surface area contributed by atoms with Crippen molar-refractivity contribution in [1.29, 1.82) is 0 Å². The van der Waals surface area contributed by atoms with Crippen molar-refractivity contribution in [3.05, 3.63) is 59.2 Å². The molecule has 0 fully saturated rings. The van der Waals surface area contributed by atoms with Crippen molar-refractivity contribution in [2.75, 3.05) is 5.32 Å². The maximum absolute atomic E-state index is 12.2. The minimum absolute atomic E-state index is 0.128. The third-order valence-corrected chi connectivity index (χ3v) is 2.83. The van der Waals surface area contributed by atoms with Crippen LogP contribution in [0.15, 0.2) is 42.5 Å². The average Bonchev–Trinajstić information content (AvgIpc) is 2.32. The number of benzene rings is 2. The van der Waals surface area contributed by atoms with Crippen molar-refractivity contribution in [1.82, 2.24) is 0 Å². The van der Waals surface area contributed by atoms with E-state index in [0.717, 1.165) is 11.1 Å². The fraction of sp³-hybridized carbons (Fsp3) is 0.133. The number of anilines is 1. The van der Waals surface area contributed by atoms with E-state index in [4.69, 9.17) is 0 Å². The number of hydrogen-bond acceptors (Lipinski definition) is 2. The lowest BCUT2D eigenvalue weighted by atomic mass is 10.0. The SMILES string of the molecule is Cc1cccc(C)c1C(=O)Nc1ccc(O)cc1. The Bertz CT molecular complexity index is 553. The Kier molecular flexibility index (Phi) is 3.33. The van der Waals surface area contributed by atoms with Gasteiger partial charge in [-0.3, -0.25) is 4.79 Å². The number of phenolic OH excluding ortho intramolecular Hbond substituents is 1. The van der Waals surface area contributed by atoms with Gasteiger partial charge in [-0.25, -0.2) is 0 Å². The molecule has 0 heterocycles. The molecule has 0 aliphatic heterocycles. The molecule has 0 spiro atoms. The summed E-state index contributed by atoms with van der Waals surface area (Å²) in [6.45, 7) is 3.83. The standard InChI is InChI=1S/C15H15NO2/c1-10-4-3-5-11(2)14(10)15(18)16-12-6-8-13(17)9-7-12/h3-9,17H,1-2H3,(H,16,18). The Morgan fingerprint density at radius 3 is 2.11 bits per heavy atom. The van der Waals surface area contributed by atoms with Crippen LogP contribution in [0.3, 0.4) is 0 Å². The summed E-state index contributed by atoms with van der Waals surface area (Å²) >= 11 is 0. The molecule has 0 aliphatic carbocycles. The van der Waals surface area contributed by atoms with E-state index < -0.39 is 0 Å². The van der Waals surface area contributed by atoms with Gasteiger partial charge in [-0.2, -0.15) is 0 Å². The monoisotopic (exact) mass is 241 g/mol. The molecular formula is C15H15NO2. The van der Waals surface area contributed by atoms with Crippen molar-refractivity contribution < 1.29 is 9.90 Å². The summed E-state index contributed by atoms with van der Waals surface area (Å²) in [5.74, 6) is 0.0522. The maximum atomic E-state index is 12.2. The van der Waals surface area contributed by atoms with Gasteiger partial charge >= 0.3 is 0 Å². The third-order valence-electron chi connectivity index (χ3n) is 2.83. The highest BCUT2D eigenvalue weighted by Crippen LogP contribution is 2.18. The average molecular weight is 241 g/mol. The molecule has 0 radical (unpaired) electrons. The van der Waals surface area contributed by atoms with Crippen molar-refractivity contribution in [2.45, 2.75) is 13.8 Å². The molecule has 18 heavy (non-hydrogen) atoms. The van der Waals surface area contributed by atoms with Crippen LogP contribution >= 0.6 is 0 Å². The number of nitrogens with one attached hydrogen (secondary N) is 1. The van der Waals surface area contributed by atoms with Crippen molar-refractivity contribution in [3.8, 4) is 5.75 Å². The maximum Gasteiger partial charge on any atom is 0.256 e. The highest BCUT2D eigenvalue weighted by atomic mass is 16.3. The van der Waals surface area contributed by atoms with Gasteiger partial charge in [-0.15, -0.1) is 0 Å². The van der Waals surface area contributed by atoms with Gasteiger partial charge in [0.15, 0.2) is 0 Å². The second-order valence-corrected chi connectivity index (χ2v) is 4.27. The summed E-state index contributed by atoms with van der Waals surface area (Å²) in [7, 11) is 0. The van der Waals surface area contributed by atoms with Gasteiger partial charge in [0, 0.05) is 11.3 Å². The summed E-state index contributed by atoms with van der Waals surface area (Å²) in [5, 5.41) is 12.0. The number of aromatic hydroxyl groups is 1. The second-order valence-electron chi connectivity index (χ2n) is 4.27. The summed E-state index contributed by atoms with van der Waals surface area (Å²) < 4.78 is 0. The van der Waals surface area contributed by atoms with Crippen molar-refractivity contribution in [2.24, 2.45) is 0 Å². The molecule has 3 nitrogen and oxygen atoms in total. The molecule has 0 bridgehead atoms. The van der Waals surface area contributed by atoms with E-state index in [1.165, 1.54) is 0 Å². The Morgan fingerprint density at radius 2 is 1.56 bits per heavy atom. The first-order chi connectivity index (χ1) is 8.58. The molecule has 92 valence electrons. The van der Waals surface area contributed by atoms with E-state index in [2.05, 4.69) is 5.32 Å². The van der Waals surface area contributed by atoms with Gasteiger partial charge in [0.05, 0.1) is 0 Å². The zero-order valence-electron chi connectivity index (χ0n) is 10.4. The number of amides is 1. The summed E-state index contributed by atoms with van der Waals surface area (Å²) in [6, 6.07) is 12.2. The van der Waals surface area contributed by atoms with E-state index in [1.54, 1.807) is 24.3 Å². The topological polar surface area (TPSA) is 49.3 Å². The highest BCUT2D eigenvalue weighted by Gasteiger charge is 2.11. The minimum Gasteiger partial charge on any atom is -0.508 e. The zero-order valence-corrected chi connectivity index (χ0v) is 10.4. The number of rotatable bonds is 2. The van der Waals surface area contributed by atoms with Crippen LogP contribution in [0.25, 0.3) is 0 Å². The number of carbonyl (C=O) groups excluding carboxylic acids is 1.